The van der Waals surface area contributed by atoms with E-state index in [9.17, 15) is 4.79 Å². The van der Waals surface area contributed by atoms with Crippen molar-refractivity contribution in [3.8, 4) is 5.75 Å². The first-order chi connectivity index (χ1) is 10.3. The fraction of sp³-hybridized carbons (Fsp3) is 0.125. The Balaban J connectivity index is 1.86. The average molecular weight is 282 g/mol. The number of ether oxygens (including phenoxy) is 1. The Morgan fingerprint density at radius 3 is 2.48 bits per heavy atom. The Labute approximate surface area is 122 Å². The first-order valence-corrected chi connectivity index (χ1v) is 6.53. The molecule has 0 radical (unpaired) electrons. The molecule has 0 unspecified atom stereocenters. The number of amides is 1. The van der Waals surface area contributed by atoms with Crippen molar-refractivity contribution in [2.24, 2.45) is 5.16 Å². The van der Waals surface area contributed by atoms with Crippen LogP contribution in [0, 0.1) is 0 Å². The number of hydrogen-bond donors (Lipinski definition) is 0. The summed E-state index contributed by atoms with van der Waals surface area (Å²) in [6.07, 6.45) is -0.486. The highest BCUT2D eigenvalue weighted by Crippen LogP contribution is 2.22. The molecule has 106 valence electrons. The molecule has 1 amide bonds. The van der Waals surface area contributed by atoms with Crippen molar-refractivity contribution in [2.75, 3.05) is 18.6 Å². The van der Waals surface area contributed by atoms with Crippen molar-refractivity contribution in [2.45, 2.75) is 0 Å². The summed E-state index contributed by atoms with van der Waals surface area (Å²) >= 11 is 0. The van der Waals surface area contributed by atoms with Crippen LogP contribution in [0.1, 0.15) is 5.56 Å². The number of benzene rings is 2. The molecule has 0 fully saturated rings. The third kappa shape index (κ3) is 2.72. The third-order valence-corrected chi connectivity index (χ3v) is 3.25. The lowest BCUT2D eigenvalue weighted by Crippen LogP contribution is -2.39. The van der Waals surface area contributed by atoms with Crippen LogP contribution in [0.3, 0.4) is 0 Å². The molecule has 2 aromatic rings. The van der Waals surface area contributed by atoms with Gasteiger partial charge in [0.25, 0.3) is 0 Å². The van der Waals surface area contributed by atoms with E-state index < -0.39 is 6.09 Å². The number of hydrogen-bond acceptors (Lipinski definition) is 4. The van der Waals surface area contributed by atoms with E-state index in [2.05, 4.69) is 5.16 Å². The second-order valence-electron chi connectivity index (χ2n) is 4.55. The lowest BCUT2D eigenvalue weighted by molar-refractivity contribution is 0.155. The van der Waals surface area contributed by atoms with Gasteiger partial charge in [0.15, 0.2) is 0 Å². The van der Waals surface area contributed by atoms with Crippen molar-refractivity contribution in [1.29, 1.82) is 0 Å². The summed E-state index contributed by atoms with van der Waals surface area (Å²) in [6, 6.07) is 16.9. The van der Waals surface area contributed by atoms with Crippen LogP contribution in [0.2, 0.25) is 0 Å². The van der Waals surface area contributed by atoms with Gasteiger partial charge in [-0.1, -0.05) is 35.5 Å². The Morgan fingerprint density at radius 2 is 1.81 bits per heavy atom. The molecule has 5 heteroatoms. The molecule has 0 N–H and O–H groups in total. The molecule has 21 heavy (non-hydrogen) atoms. The minimum absolute atomic E-state index is 0.370. The first-order valence-electron chi connectivity index (χ1n) is 6.53. The summed E-state index contributed by atoms with van der Waals surface area (Å²) in [7, 11) is 1.60. The highest BCUT2D eigenvalue weighted by atomic mass is 16.7. The van der Waals surface area contributed by atoms with Crippen molar-refractivity contribution in [3.63, 3.8) is 0 Å². The first kappa shape index (κ1) is 13.2. The number of carbonyl (C=O) groups is 1. The predicted octanol–water partition coefficient (Wildman–Crippen LogP) is 3.06. The predicted molar refractivity (Wildman–Crippen MR) is 79.8 cm³/mol. The van der Waals surface area contributed by atoms with Crippen LogP contribution >= 0.6 is 0 Å². The number of rotatable bonds is 3. The van der Waals surface area contributed by atoms with Gasteiger partial charge in [0, 0.05) is 11.3 Å². The summed E-state index contributed by atoms with van der Waals surface area (Å²) in [5.41, 5.74) is 2.39. The van der Waals surface area contributed by atoms with E-state index in [4.69, 9.17) is 9.57 Å². The molecule has 1 heterocycles. The zero-order valence-corrected chi connectivity index (χ0v) is 11.5. The van der Waals surface area contributed by atoms with Crippen LogP contribution in [0.4, 0.5) is 10.5 Å². The zero-order valence-electron chi connectivity index (χ0n) is 11.5. The highest BCUT2D eigenvalue weighted by molar-refractivity contribution is 6.08. The van der Waals surface area contributed by atoms with Gasteiger partial charge in [-0.3, -0.25) is 9.74 Å². The SMILES string of the molecule is COc1ccc(N2CC(c3ccccc3)=NOC2=O)cc1. The number of nitrogens with zero attached hydrogens (tertiary/aromatic N) is 2. The second-order valence-corrected chi connectivity index (χ2v) is 4.55. The van der Waals surface area contributed by atoms with E-state index in [1.54, 1.807) is 19.2 Å². The molecular weight excluding hydrogens is 268 g/mol. The lowest BCUT2D eigenvalue weighted by Gasteiger charge is -2.25. The lowest BCUT2D eigenvalue weighted by atomic mass is 10.1. The Hall–Kier alpha value is -2.82. The highest BCUT2D eigenvalue weighted by Gasteiger charge is 2.25. The number of oxime groups is 1. The van der Waals surface area contributed by atoms with Gasteiger partial charge in [-0.05, 0) is 24.3 Å². The van der Waals surface area contributed by atoms with Gasteiger partial charge in [-0.25, -0.2) is 4.79 Å². The van der Waals surface area contributed by atoms with Gasteiger partial charge >= 0.3 is 6.09 Å². The monoisotopic (exact) mass is 282 g/mol. The number of methoxy groups -OCH3 is 1. The zero-order chi connectivity index (χ0) is 14.7. The van der Waals surface area contributed by atoms with E-state index in [0.29, 0.717) is 12.3 Å². The van der Waals surface area contributed by atoms with Crippen molar-refractivity contribution < 1.29 is 14.4 Å². The Kier molecular flexibility index (Phi) is 3.55. The summed E-state index contributed by atoms with van der Waals surface area (Å²) in [5, 5.41) is 3.89. The fourth-order valence-corrected chi connectivity index (χ4v) is 2.12. The minimum atomic E-state index is -0.486. The molecule has 0 spiro atoms. The van der Waals surface area contributed by atoms with E-state index in [1.165, 1.54) is 4.90 Å². The van der Waals surface area contributed by atoms with Crippen LogP contribution in [-0.2, 0) is 4.84 Å². The standard InChI is InChI=1S/C16H14N2O3/c1-20-14-9-7-13(8-10-14)18-11-15(17-21-16(18)19)12-5-3-2-4-6-12/h2-10H,11H2,1H3. The Morgan fingerprint density at radius 1 is 1.10 bits per heavy atom. The molecule has 0 bridgehead atoms. The molecule has 1 aliphatic rings. The van der Waals surface area contributed by atoms with Crippen LogP contribution < -0.4 is 9.64 Å². The van der Waals surface area contributed by atoms with Crippen LogP contribution in [-0.4, -0.2) is 25.5 Å². The largest absolute Gasteiger partial charge is 0.497 e. The van der Waals surface area contributed by atoms with Gasteiger partial charge in [0.2, 0.25) is 0 Å². The van der Waals surface area contributed by atoms with E-state index >= 15 is 0 Å². The molecule has 0 saturated carbocycles. The van der Waals surface area contributed by atoms with Crippen molar-refractivity contribution in [3.05, 3.63) is 60.2 Å². The van der Waals surface area contributed by atoms with E-state index in [0.717, 1.165) is 17.0 Å². The average Bonchev–Trinajstić information content (AvgIpc) is 2.56. The summed E-state index contributed by atoms with van der Waals surface area (Å²) in [6.45, 7) is 0.370. The van der Waals surface area contributed by atoms with E-state index in [-0.39, 0.29) is 0 Å². The van der Waals surface area contributed by atoms with Gasteiger partial charge in [-0.2, -0.15) is 0 Å². The normalized spacial score (nSPS) is 14.4. The maximum absolute atomic E-state index is 11.9. The third-order valence-electron chi connectivity index (χ3n) is 3.25. The van der Waals surface area contributed by atoms with E-state index in [1.807, 2.05) is 42.5 Å². The molecule has 0 atom stereocenters. The van der Waals surface area contributed by atoms with Crippen LogP contribution in [0.15, 0.2) is 59.8 Å². The van der Waals surface area contributed by atoms with Crippen molar-refractivity contribution >= 4 is 17.5 Å². The molecule has 3 rings (SSSR count). The van der Waals surface area contributed by atoms with Crippen LogP contribution in [0.5, 0.6) is 5.75 Å². The second kappa shape index (κ2) is 5.66. The maximum Gasteiger partial charge on any atom is 0.440 e. The van der Waals surface area contributed by atoms with Gasteiger partial charge in [0.1, 0.15) is 11.5 Å². The Bertz CT molecular complexity index is 666. The molecule has 5 nitrogen and oxygen atoms in total. The maximum atomic E-state index is 11.9. The fourth-order valence-electron chi connectivity index (χ4n) is 2.12. The molecule has 2 aromatic carbocycles. The summed E-state index contributed by atoms with van der Waals surface area (Å²) in [5.74, 6) is 0.737. The van der Waals surface area contributed by atoms with Crippen LogP contribution in [0.25, 0.3) is 0 Å². The van der Waals surface area contributed by atoms with Gasteiger partial charge in [0.05, 0.1) is 13.7 Å². The molecule has 0 aliphatic carbocycles. The number of carbonyl (C=O) groups excluding carboxylic acids is 1. The minimum Gasteiger partial charge on any atom is -0.497 e. The molecule has 1 aliphatic heterocycles. The quantitative estimate of drug-likeness (QED) is 0.813. The van der Waals surface area contributed by atoms with Gasteiger partial charge in [-0.15, -0.1) is 0 Å². The van der Waals surface area contributed by atoms with Gasteiger partial charge < -0.3 is 4.74 Å². The molecule has 0 aromatic heterocycles. The number of anilines is 1. The summed E-state index contributed by atoms with van der Waals surface area (Å²) < 4.78 is 5.12. The summed E-state index contributed by atoms with van der Waals surface area (Å²) in [4.78, 5) is 18.3. The van der Waals surface area contributed by atoms with Crippen molar-refractivity contribution in [1.82, 2.24) is 0 Å². The smallest absolute Gasteiger partial charge is 0.440 e. The topological polar surface area (TPSA) is 51.1 Å². The molecule has 0 saturated heterocycles. The molecular formula is C16H14N2O3.